The molecule has 0 atom stereocenters. The average Bonchev–Trinajstić information content (AvgIpc) is 2.47. The van der Waals surface area contributed by atoms with Crippen LogP contribution in [0.4, 0.5) is 14.7 Å². The molecular weight excluding hydrogens is 192 g/mol. The summed E-state index contributed by atoms with van der Waals surface area (Å²) < 4.78 is 26.5. The zero-order valence-electron chi connectivity index (χ0n) is 7.28. The van der Waals surface area contributed by atoms with Gasteiger partial charge >= 0.3 is 0 Å². The van der Waals surface area contributed by atoms with Crippen molar-refractivity contribution in [3.63, 3.8) is 0 Å². The second-order valence-electron chi connectivity index (χ2n) is 2.80. The largest absolute Gasteiger partial charge is 0.368 e. The minimum atomic E-state index is -2.70. The molecule has 0 aliphatic rings. The van der Waals surface area contributed by atoms with E-state index in [1.807, 2.05) is 0 Å². The van der Waals surface area contributed by atoms with Crippen LogP contribution in [0.1, 0.15) is 12.1 Å². The van der Waals surface area contributed by atoms with Gasteiger partial charge in [-0.1, -0.05) is 0 Å². The molecule has 0 aliphatic carbocycles. The highest BCUT2D eigenvalue weighted by Crippen LogP contribution is 2.23. The first-order chi connectivity index (χ1) is 6.59. The second-order valence-corrected chi connectivity index (χ2v) is 2.80. The van der Waals surface area contributed by atoms with E-state index in [4.69, 9.17) is 5.73 Å². The quantitative estimate of drug-likeness (QED) is 0.740. The van der Waals surface area contributed by atoms with Gasteiger partial charge in [-0.05, 0) is 0 Å². The number of halogens is 2. The number of hydrogen-bond donors (Lipinski definition) is 1. The molecular formula is C7H7F2N5. The van der Waals surface area contributed by atoms with E-state index in [0.29, 0.717) is 5.65 Å². The van der Waals surface area contributed by atoms with Gasteiger partial charge in [-0.2, -0.15) is 4.98 Å². The molecule has 0 aliphatic heterocycles. The van der Waals surface area contributed by atoms with Gasteiger partial charge in [0.2, 0.25) is 5.95 Å². The Balaban J connectivity index is 2.82. The lowest BCUT2D eigenvalue weighted by Crippen LogP contribution is -2.02. The van der Waals surface area contributed by atoms with Crippen molar-refractivity contribution in [2.24, 2.45) is 7.05 Å². The Morgan fingerprint density at radius 3 is 2.79 bits per heavy atom. The Kier molecular flexibility index (Phi) is 1.80. The molecule has 2 aromatic rings. The van der Waals surface area contributed by atoms with Crippen molar-refractivity contribution in [3.8, 4) is 0 Å². The van der Waals surface area contributed by atoms with Crippen molar-refractivity contribution in [1.29, 1.82) is 0 Å². The van der Waals surface area contributed by atoms with E-state index in [-0.39, 0.29) is 11.5 Å². The highest BCUT2D eigenvalue weighted by Gasteiger charge is 2.18. The van der Waals surface area contributed by atoms with E-state index in [0.717, 1.165) is 0 Å². The number of anilines is 1. The Morgan fingerprint density at radius 2 is 2.14 bits per heavy atom. The van der Waals surface area contributed by atoms with Crippen molar-refractivity contribution >= 4 is 17.1 Å². The van der Waals surface area contributed by atoms with Gasteiger partial charge in [-0.25, -0.2) is 18.7 Å². The number of aromatic nitrogens is 4. The number of alkyl halides is 2. The predicted molar refractivity (Wildman–Crippen MR) is 45.7 cm³/mol. The fourth-order valence-electron chi connectivity index (χ4n) is 1.20. The number of nitrogens with zero attached hydrogens (tertiary/aromatic N) is 4. The van der Waals surface area contributed by atoms with Crippen LogP contribution in [0, 0.1) is 0 Å². The highest BCUT2D eigenvalue weighted by molar-refractivity contribution is 5.74. The second kappa shape index (κ2) is 2.86. The van der Waals surface area contributed by atoms with Gasteiger partial charge in [0.05, 0.1) is 6.33 Å². The molecule has 0 saturated heterocycles. The number of nitrogen functional groups attached to an aromatic ring is 1. The number of fused-ring (bicyclic) bond motifs is 1. The van der Waals surface area contributed by atoms with Gasteiger partial charge in [-0.3, -0.25) is 0 Å². The van der Waals surface area contributed by atoms with Crippen molar-refractivity contribution in [3.05, 3.63) is 12.0 Å². The molecule has 0 bridgehead atoms. The van der Waals surface area contributed by atoms with Crippen LogP contribution in [0.3, 0.4) is 0 Å². The van der Waals surface area contributed by atoms with Crippen molar-refractivity contribution in [1.82, 2.24) is 19.5 Å². The summed E-state index contributed by atoms with van der Waals surface area (Å²) in [4.78, 5) is 11.0. The summed E-state index contributed by atoms with van der Waals surface area (Å²) in [6, 6.07) is 0. The molecule has 0 radical (unpaired) electrons. The maximum absolute atomic E-state index is 12.5. The molecule has 7 heteroatoms. The minimum absolute atomic E-state index is 0.0942. The van der Waals surface area contributed by atoms with Gasteiger partial charge in [0.1, 0.15) is 11.2 Å². The summed E-state index contributed by atoms with van der Waals surface area (Å²) in [5, 5.41) is 0. The molecule has 0 unspecified atom stereocenters. The number of aryl methyl sites for hydroxylation is 1. The zero-order chi connectivity index (χ0) is 10.3. The number of imidazole rings is 1. The van der Waals surface area contributed by atoms with E-state index in [1.54, 1.807) is 7.05 Å². The van der Waals surface area contributed by atoms with Crippen LogP contribution in [-0.2, 0) is 7.05 Å². The number of rotatable bonds is 1. The molecule has 2 N–H and O–H groups in total. The molecule has 0 aromatic carbocycles. The van der Waals surface area contributed by atoms with Crippen LogP contribution in [0.2, 0.25) is 0 Å². The molecule has 0 saturated carbocycles. The van der Waals surface area contributed by atoms with E-state index >= 15 is 0 Å². The Bertz CT molecular complexity index is 478. The third-order valence-electron chi connectivity index (χ3n) is 1.81. The summed E-state index contributed by atoms with van der Waals surface area (Å²) in [6.45, 7) is 0. The Morgan fingerprint density at radius 1 is 1.43 bits per heavy atom. The summed E-state index contributed by atoms with van der Waals surface area (Å²) in [7, 11) is 1.65. The molecule has 0 fully saturated rings. The lowest BCUT2D eigenvalue weighted by Gasteiger charge is -2.01. The van der Waals surface area contributed by atoms with Crippen molar-refractivity contribution < 1.29 is 8.78 Å². The molecule has 2 aromatic heterocycles. The van der Waals surface area contributed by atoms with Crippen LogP contribution in [0.15, 0.2) is 6.33 Å². The van der Waals surface area contributed by atoms with E-state index in [1.165, 1.54) is 10.9 Å². The van der Waals surface area contributed by atoms with Crippen molar-refractivity contribution in [2.75, 3.05) is 5.73 Å². The number of hydrogen-bond acceptors (Lipinski definition) is 4. The molecule has 14 heavy (non-hydrogen) atoms. The average molecular weight is 199 g/mol. The lowest BCUT2D eigenvalue weighted by molar-refractivity contribution is 0.148. The van der Waals surface area contributed by atoms with Gasteiger partial charge in [-0.15, -0.1) is 0 Å². The third-order valence-corrected chi connectivity index (χ3v) is 1.81. The predicted octanol–water partition coefficient (Wildman–Crippen LogP) is 0.883. The fraction of sp³-hybridized carbons (Fsp3) is 0.286. The Labute approximate surface area is 77.6 Å². The van der Waals surface area contributed by atoms with Gasteiger partial charge < -0.3 is 10.3 Å². The zero-order valence-corrected chi connectivity index (χ0v) is 7.28. The van der Waals surface area contributed by atoms with Crippen LogP contribution in [-0.4, -0.2) is 19.5 Å². The molecule has 74 valence electrons. The van der Waals surface area contributed by atoms with E-state index in [2.05, 4.69) is 15.0 Å². The van der Waals surface area contributed by atoms with Gasteiger partial charge in [0, 0.05) is 7.05 Å². The van der Waals surface area contributed by atoms with Gasteiger partial charge in [0.25, 0.3) is 6.43 Å². The Hall–Kier alpha value is -1.79. The monoisotopic (exact) mass is 199 g/mol. The van der Waals surface area contributed by atoms with Crippen LogP contribution in [0.5, 0.6) is 0 Å². The first kappa shape index (κ1) is 8.79. The molecule has 2 heterocycles. The van der Waals surface area contributed by atoms with E-state index < -0.39 is 12.1 Å². The molecule has 2 rings (SSSR count). The minimum Gasteiger partial charge on any atom is -0.368 e. The summed E-state index contributed by atoms with van der Waals surface area (Å²) >= 11 is 0. The van der Waals surface area contributed by atoms with Crippen molar-refractivity contribution in [2.45, 2.75) is 6.43 Å². The standard InChI is InChI=1S/C7H7F2N5/c1-14-2-11-4-3(5(8)9)12-7(10)13-6(4)14/h2,5H,1H3,(H2,10,12,13). The fourth-order valence-corrected chi connectivity index (χ4v) is 1.20. The maximum atomic E-state index is 12.5. The number of nitrogens with two attached hydrogens (primary N) is 1. The summed E-state index contributed by atoms with van der Waals surface area (Å²) in [5.41, 5.74) is 5.28. The SMILES string of the molecule is Cn1cnc2c(C(F)F)nc(N)nc21. The summed E-state index contributed by atoms with van der Waals surface area (Å²) in [6.07, 6.45) is -1.30. The van der Waals surface area contributed by atoms with Crippen LogP contribution < -0.4 is 5.73 Å². The first-order valence-corrected chi connectivity index (χ1v) is 3.82. The molecule has 5 nitrogen and oxygen atoms in total. The van der Waals surface area contributed by atoms with Gasteiger partial charge in [0.15, 0.2) is 5.65 Å². The molecule has 0 spiro atoms. The maximum Gasteiger partial charge on any atom is 0.282 e. The lowest BCUT2D eigenvalue weighted by atomic mass is 10.3. The van der Waals surface area contributed by atoms with Crippen LogP contribution >= 0.6 is 0 Å². The first-order valence-electron chi connectivity index (χ1n) is 3.82. The summed E-state index contributed by atoms with van der Waals surface area (Å²) in [5.74, 6) is -0.170. The highest BCUT2D eigenvalue weighted by atomic mass is 19.3. The normalized spacial score (nSPS) is 11.4. The smallest absolute Gasteiger partial charge is 0.282 e. The van der Waals surface area contributed by atoms with Crippen LogP contribution in [0.25, 0.3) is 11.2 Å². The topological polar surface area (TPSA) is 69.6 Å². The third kappa shape index (κ3) is 1.17. The molecule has 0 amide bonds. The van der Waals surface area contributed by atoms with E-state index in [9.17, 15) is 8.78 Å².